The highest BCUT2D eigenvalue weighted by Gasteiger charge is 1.97. The summed E-state index contributed by atoms with van der Waals surface area (Å²) in [5.41, 5.74) is 0. The van der Waals surface area contributed by atoms with E-state index >= 15 is 0 Å². The van der Waals surface area contributed by atoms with E-state index in [4.69, 9.17) is 0 Å². The van der Waals surface area contributed by atoms with E-state index in [9.17, 15) is 0 Å². The van der Waals surface area contributed by atoms with Crippen LogP contribution in [0.1, 0.15) is 25.7 Å². The first-order valence-corrected chi connectivity index (χ1v) is 4.95. The van der Waals surface area contributed by atoms with Gasteiger partial charge in [0.05, 0.1) is 0 Å². The molecule has 1 aliphatic rings. The highest BCUT2D eigenvalue weighted by atomic mass is 27.1. The predicted octanol–water partition coefficient (Wildman–Crippen LogP) is 2.10. The summed E-state index contributed by atoms with van der Waals surface area (Å²) in [6, 6.07) is 0. The summed E-state index contributed by atoms with van der Waals surface area (Å²) >= 11 is 0.884. The van der Waals surface area contributed by atoms with Crippen LogP contribution in [0.4, 0.5) is 0 Å². The van der Waals surface area contributed by atoms with Gasteiger partial charge in [-0.2, -0.15) is 0 Å². The fourth-order valence-electron chi connectivity index (χ4n) is 1.08. The Balaban J connectivity index is 2.04. The van der Waals surface area contributed by atoms with Crippen LogP contribution >= 0.6 is 0 Å². The Hall–Kier alpha value is 0.532. The van der Waals surface area contributed by atoms with E-state index in [2.05, 4.69) is 0 Å². The minimum atomic E-state index is 0.884. The quantitative estimate of drug-likeness (QED) is 0.420. The second-order valence-corrected chi connectivity index (χ2v) is 4.01. The highest BCUT2D eigenvalue weighted by Crippen LogP contribution is 2.11. The lowest BCUT2D eigenvalue weighted by Gasteiger charge is -1.87. The highest BCUT2D eigenvalue weighted by molar-refractivity contribution is 6.35. The first-order valence-electron chi connectivity index (χ1n) is 3.32. The largest absolute Gasteiger partial charge is 0.199 e. The minimum absolute atomic E-state index is 0.884. The van der Waals surface area contributed by atoms with Crippen LogP contribution in [0.25, 0.3) is 0 Å². The van der Waals surface area contributed by atoms with Crippen LogP contribution in [-0.4, -0.2) is 15.2 Å². The molecule has 0 atom stereocenters. The van der Waals surface area contributed by atoms with Crippen LogP contribution in [-0.2, 0) is 0 Å². The van der Waals surface area contributed by atoms with Gasteiger partial charge in [-0.05, 0) is 0 Å². The second kappa shape index (κ2) is 3.52. The molecule has 0 spiro atoms. The normalized spacial score (nSPS) is 22.9. The smallest absolute Gasteiger partial charge is 0.104 e. The van der Waals surface area contributed by atoms with Crippen molar-refractivity contribution < 1.29 is 0 Å². The summed E-state index contributed by atoms with van der Waals surface area (Å²) in [7, 11) is 0. The van der Waals surface area contributed by atoms with Gasteiger partial charge in [-0.25, -0.2) is 0 Å². The molecule has 0 bridgehead atoms. The summed E-state index contributed by atoms with van der Waals surface area (Å²) in [6.45, 7) is 0. The van der Waals surface area contributed by atoms with Crippen LogP contribution in [0.15, 0.2) is 0 Å². The van der Waals surface area contributed by atoms with E-state index in [1.54, 1.807) is 10.6 Å². The lowest BCUT2D eigenvalue weighted by atomic mass is 10.2. The Labute approximate surface area is 52.0 Å². The van der Waals surface area contributed by atoms with Crippen molar-refractivity contribution in [3.63, 3.8) is 0 Å². The minimum Gasteiger partial charge on any atom is -0.104 e. The van der Waals surface area contributed by atoms with E-state index < -0.39 is 0 Å². The van der Waals surface area contributed by atoms with Crippen LogP contribution < -0.4 is 0 Å². The van der Waals surface area contributed by atoms with Crippen LogP contribution in [0, 0.1) is 0 Å². The molecule has 0 nitrogen and oxygen atoms in total. The third-order valence-electron chi connectivity index (χ3n) is 1.57. The first-order chi connectivity index (χ1) is 3.50. The van der Waals surface area contributed by atoms with E-state index in [0.29, 0.717) is 0 Å². The number of hydrogen-bond donors (Lipinski definition) is 0. The zero-order valence-corrected chi connectivity index (χ0v) is 5.97. The van der Waals surface area contributed by atoms with Crippen molar-refractivity contribution >= 4 is 15.2 Å². The molecule has 0 aromatic rings. The third-order valence-corrected chi connectivity index (χ3v) is 3.20. The number of rotatable bonds is 0. The van der Waals surface area contributed by atoms with Gasteiger partial charge in [0.15, 0.2) is 15.2 Å². The van der Waals surface area contributed by atoms with E-state index in [1.165, 1.54) is 25.7 Å². The van der Waals surface area contributed by atoms with Crippen LogP contribution in [0.2, 0.25) is 10.6 Å². The van der Waals surface area contributed by atoms with Crippen molar-refractivity contribution in [1.82, 2.24) is 0 Å². The summed E-state index contributed by atoms with van der Waals surface area (Å²) in [4.78, 5) is 0. The van der Waals surface area contributed by atoms with Gasteiger partial charge in [-0.1, -0.05) is 25.7 Å². The van der Waals surface area contributed by atoms with Crippen molar-refractivity contribution in [2.75, 3.05) is 0 Å². The zero-order chi connectivity index (χ0) is 4.95. The van der Waals surface area contributed by atoms with Crippen molar-refractivity contribution in [3.05, 3.63) is 0 Å². The molecule has 39 valence electrons. The van der Waals surface area contributed by atoms with E-state index in [1.807, 2.05) is 0 Å². The summed E-state index contributed by atoms with van der Waals surface area (Å²) in [5, 5.41) is 3.17. The molecule has 1 heterocycles. The molecule has 1 rings (SSSR count). The lowest BCUT2D eigenvalue weighted by molar-refractivity contribution is 0.720. The molecule has 1 heteroatoms. The average molecular weight is 111 g/mol. The van der Waals surface area contributed by atoms with Gasteiger partial charge < -0.3 is 0 Å². The molecule has 1 saturated heterocycles. The average Bonchev–Trinajstić information content (AvgIpc) is 1.90. The van der Waals surface area contributed by atoms with Gasteiger partial charge in [0.1, 0.15) is 0 Å². The Morgan fingerprint density at radius 1 is 0.714 bits per heavy atom. The fraction of sp³-hybridized carbons (Fsp3) is 1.00. The maximum Gasteiger partial charge on any atom is 0.199 e. The molecule has 1 aliphatic heterocycles. The Morgan fingerprint density at radius 3 is 1.86 bits per heavy atom. The molecule has 0 aromatic heterocycles. The van der Waals surface area contributed by atoms with Crippen molar-refractivity contribution in [1.29, 1.82) is 0 Å². The van der Waals surface area contributed by atoms with Gasteiger partial charge in [0.25, 0.3) is 0 Å². The SMILES string of the molecule is C1CC[CH2][Al][CH2]C1. The Morgan fingerprint density at radius 2 is 1.29 bits per heavy atom. The molecule has 0 unspecified atom stereocenters. The molecule has 1 fully saturated rings. The van der Waals surface area contributed by atoms with Crippen molar-refractivity contribution in [3.8, 4) is 0 Å². The Kier molecular flexibility index (Phi) is 2.85. The van der Waals surface area contributed by atoms with Crippen molar-refractivity contribution in [2.24, 2.45) is 0 Å². The van der Waals surface area contributed by atoms with Crippen LogP contribution in [0.5, 0.6) is 0 Å². The summed E-state index contributed by atoms with van der Waals surface area (Å²) in [5.74, 6) is 0. The van der Waals surface area contributed by atoms with Gasteiger partial charge >= 0.3 is 0 Å². The predicted molar refractivity (Wildman–Crippen MR) is 33.8 cm³/mol. The first kappa shape index (κ1) is 5.67. The number of hydrogen-bond acceptors (Lipinski definition) is 0. The molecule has 0 N–H and O–H groups in total. The third kappa shape index (κ3) is 2.37. The standard InChI is InChI=1S/C6H12.Al/c1-3-5-6-4-2;/h1-6H2;. The molecule has 1 radical (unpaired) electrons. The van der Waals surface area contributed by atoms with Gasteiger partial charge in [-0.3, -0.25) is 0 Å². The van der Waals surface area contributed by atoms with Gasteiger partial charge in [0, 0.05) is 0 Å². The topological polar surface area (TPSA) is 0 Å². The van der Waals surface area contributed by atoms with Gasteiger partial charge in [-0.15, -0.1) is 10.6 Å². The fourth-order valence-corrected chi connectivity index (χ4v) is 2.52. The molecular formula is C6H12Al. The molecular weight excluding hydrogens is 99.0 g/mol. The molecule has 0 aromatic carbocycles. The molecule has 0 saturated carbocycles. The molecule has 0 amide bonds. The van der Waals surface area contributed by atoms with Crippen molar-refractivity contribution in [2.45, 2.75) is 36.2 Å². The summed E-state index contributed by atoms with van der Waals surface area (Å²) < 4.78 is 0. The summed E-state index contributed by atoms with van der Waals surface area (Å²) in [6.07, 6.45) is 6.12. The second-order valence-electron chi connectivity index (χ2n) is 2.28. The molecule has 7 heavy (non-hydrogen) atoms. The zero-order valence-electron chi connectivity index (χ0n) is 4.82. The lowest BCUT2D eigenvalue weighted by Crippen LogP contribution is -1.81. The Bertz CT molecular complexity index is 23.8. The molecule has 0 aliphatic carbocycles. The van der Waals surface area contributed by atoms with E-state index in [0.717, 1.165) is 15.2 Å². The monoisotopic (exact) mass is 111 g/mol. The maximum atomic E-state index is 1.58. The van der Waals surface area contributed by atoms with E-state index in [-0.39, 0.29) is 0 Å². The van der Waals surface area contributed by atoms with Crippen LogP contribution in [0.3, 0.4) is 0 Å². The maximum absolute atomic E-state index is 1.58. The van der Waals surface area contributed by atoms with Gasteiger partial charge in [0.2, 0.25) is 0 Å².